The monoisotopic (exact) mass is 829 g/mol. The van der Waals surface area contributed by atoms with Crippen LogP contribution >= 0.6 is 0 Å². The van der Waals surface area contributed by atoms with Crippen LogP contribution < -0.4 is 4.90 Å². The first kappa shape index (κ1) is 39.4. The van der Waals surface area contributed by atoms with Crippen LogP contribution in [0.5, 0.6) is 0 Å². The molecule has 5 atom stereocenters. The van der Waals surface area contributed by atoms with Gasteiger partial charge in [-0.15, -0.1) is 0 Å². The SMILES string of the molecule is CC(C)(C)c1cc(N(c2ccc(-c3ccc4c(c3)C3(c5ccccc5-4)C4CC5CC(C4)C3C5)cc2)c2ccccc2-c2cccc3cccc(-c4ccccc4)c23)cc(C(C)(C)C)c1. The zero-order valence-corrected chi connectivity index (χ0v) is 38.3. The average Bonchev–Trinajstić information content (AvgIpc) is 3.85. The highest BCUT2D eigenvalue weighted by Gasteiger charge is 2.65. The first-order valence-electron chi connectivity index (χ1n) is 23.9. The van der Waals surface area contributed by atoms with Gasteiger partial charge in [0.05, 0.1) is 5.69 Å². The molecule has 5 aliphatic carbocycles. The molecule has 1 spiro atoms. The predicted octanol–water partition coefficient (Wildman–Crippen LogP) is 17.2. The van der Waals surface area contributed by atoms with Crippen LogP contribution in [0.3, 0.4) is 0 Å². The molecule has 4 bridgehead atoms. The second-order valence-electron chi connectivity index (χ2n) is 21.8. The number of fused-ring (bicyclic) bond motifs is 4. The predicted molar refractivity (Wildman–Crippen MR) is 271 cm³/mol. The number of nitrogens with zero attached hydrogens (tertiary/aromatic N) is 1. The fourth-order valence-corrected chi connectivity index (χ4v) is 13.3. The minimum atomic E-state index is -0.0336. The van der Waals surface area contributed by atoms with Gasteiger partial charge in [0.1, 0.15) is 0 Å². The molecule has 1 nitrogen and oxygen atoms in total. The van der Waals surface area contributed by atoms with Crippen molar-refractivity contribution in [1.82, 2.24) is 0 Å². The maximum atomic E-state index is 2.62. The van der Waals surface area contributed by atoms with Crippen LogP contribution in [0.25, 0.3) is 55.3 Å². The third-order valence-electron chi connectivity index (χ3n) is 16.1. The molecule has 4 fully saturated rings. The molecule has 5 unspecified atom stereocenters. The quantitative estimate of drug-likeness (QED) is 0.161. The summed E-state index contributed by atoms with van der Waals surface area (Å²) in [6.45, 7) is 14.0. The lowest BCUT2D eigenvalue weighted by atomic mass is 9.59. The summed E-state index contributed by atoms with van der Waals surface area (Å²) < 4.78 is 0. The molecular formula is C63H59N. The van der Waals surface area contributed by atoms with Gasteiger partial charge in [0, 0.05) is 22.4 Å². The van der Waals surface area contributed by atoms with Gasteiger partial charge in [0.2, 0.25) is 0 Å². The van der Waals surface area contributed by atoms with Crippen LogP contribution in [0.1, 0.15) is 89.5 Å². The van der Waals surface area contributed by atoms with Gasteiger partial charge in [0.25, 0.3) is 0 Å². The van der Waals surface area contributed by atoms with E-state index in [1.807, 2.05) is 0 Å². The lowest BCUT2D eigenvalue weighted by molar-refractivity contribution is 0.191. The van der Waals surface area contributed by atoms with Crippen molar-refractivity contribution in [3.05, 3.63) is 198 Å². The van der Waals surface area contributed by atoms with E-state index in [1.54, 1.807) is 11.1 Å². The summed E-state index contributed by atoms with van der Waals surface area (Å²) in [5.74, 6) is 3.36. The van der Waals surface area contributed by atoms with Crippen LogP contribution in [0.15, 0.2) is 176 Å². The minimum Gasteiger partial charge on any atom is -0.310 e. The van der Waals surface area contributed by atoms with Crippen molar-refractivity contribution in [2.24, 2.45) is 23.7 Å². The van der Waals surface area contributed by atoms with Crippen molar-refractivity contribution in [3.8, 4) is 44.5 Å². The number of hydrogen-bond acceptors (Lipinski definition) is 1. The van der Waals surface area contributed by atoms with Gasteiger partial charge in [0.15, 0.2) is 0 Å². The highest BCUT2D eigenvalue weighted by atomic mass is 15.1. The largest absolute Gasteiger partial charge is 0.310 e. The van der Waals surface area contributed by atoms with Gasteiger partial charge >= 0.3 is 0 Å². The number of para-hydroxylation sites is 1. The Morgan fingerprint density at radius 1 is 0.438 bits per heavy atom. The summed E-state index contributed by atoms with van der Waals surface area (Å²) in [7, 11) is 0. The summed E-state index contributed by atoms with van der Waals surface area (Å²) in [4.78, 5) is 2.54. The second-order valence-corrected chi connectivity index (χ2v) is 21.8. The van der Waals surface area contributed by atoms with Gasteiger partial charge in [-0.3, -0.25) is 0 Å². The molecule has 4 saturated carbocycles. The van der Waals surface area contributed by atoms with Crippen LogP contribution in [-0.4, -0.2) is 0 Å². The minimum absolute atomic E-state index is 0.0336. The molecule has 8 aromatic carbocycles. The highest BCUT2D eigenvalue weighted by Crippen LogP contribution is 2.73. The fourth-order valence-electron chi connectivity index (χ4n) is 13.3. The second kappa shape index (κ2) is 14.4. The molecule has 8 aromatic rings. The van der Waals surface area contributed by atoms with Crippen LogP contribution in [0.2, 0.25) is 0 Å². The molecule has 13 rings (SSSR count). The van der Waals surface area contributed by atoms with E-state index in [0.29, 0.717) is 0 Å². The molecule has 0 N–H and O–H groups in total. The molecule has 0 saturated heterocycles. The third-order valence-corrected chi connectivity index (χ3v) is 16.1. The van der Waals surface area contributed by atoms with E-state index >= 15 is 0 Å². The summed E-state index contributed by atoms with van der Waals surface area (Å²) >= 11 is 0. The van der Waals surface area contributed by atoms with Crippen molar-refractivity contribution >= 4 is 27.8 Å². The first-order chi connectivity index (χ1) is 31.0. The van der Waals surface area contributed by atoms with Gasteiger partial charge in [-0.1, -0.05) is 181 Å². The Balaban J connectivity index is 1.03. The van der Waals surface area contributed by atoms with Crippen molar-refractivity contribution in [1.29, 1.82) is 0 Å². The van der Waals surface area contributed by atoms with E-state index < -0.39 is 0 Å². The Bertz CT molecular complexity index is 3060. The standard InChI is InChI=1S/C63H59N/c1-61(2,3)46-37-47(62(4,5)6)39-50(38-46)64(59-25-13-11-21-54(59)55-23-15-19-43-18-14-22-51(60(43)55)42-16-8-7-9-17-42)49-29-26-41(27-30-49)44-28-31-53-52-20-10-12-24-56(52)63(58(53)36-44)48-33-40-32-45(35-48)57(63)34-40/h7-31,36-40,45,48,57H,32-35H2,1-6H3. The van der Waals surface area contributed by atoms with E-state index in [9.17, 15) is 0 Å². The van der Waals surface area contributed by atoms with Gasteiger partial charge in [-0.2, -0.15) is 0 Å². The molecule has 0 heterocycles. The van der Waals surface area contributed by atoms with Gasteiger partial charge in [-0.05, 0) is 169 Å². The smallest absolute Gasteiger partial charge is 0.0540 e. The summed E-state index contributed by atoms with van der Waals surface area (Å²) in [5.41, 5.74) is 20.0. The normalized spacial score (nSPS) is 21.7. The van der Waals surface area contributed by atoms with Gasteiger partial charge < -0.3 is 4.90 Å². The maximum absolute atomic E-state index is 2.62. The van der Waals surface area contributed by atoms with Crippen LogP contribution in [-0.2, 0) is 16.2 Å². The molecule has 0 aromatic heterocycles. The molecule has 0 amide bonds. The van der Waals surface area contributed by atoms with E-state index in [4.69, 9.17) is 0 Å². The zero-order chi connectivity index (χ0) is 43.5. The number of anilines is 3. The Hall–Kier alpha value is -6.18. The summed E-state index contributed by atoms with van der Waals surface area (Å²) in [6.07, 6.45) is 5.66. The van der Waals surface area contributed by atoms with Crippen molar-refractivity contribution in [3.63, 3.8) is 0 Å². The summed E-state index contributed by atoms with van der Waals surface area (Å²) in [6, 6.07) is 67.3. The van der Waals surface area contributed by atoms with Crippen molar-refractivity contribution < 1.29 is 0 Å². The molecule has 64 heavy (non-hydrogen) atoms. The Morgan fingerprint density at radius 2 is 1.06 bits per heavy atom. The van der Waals surface area contributed by atoms with E-state index in [2.05, 4.69) is 222 Å². The molecule has 0 aliphatic heterocycles. The first-order valence-corrected chi connectivity index (χ1v) is 23.9. The lowest BCUT2D eigenvalue weighted by Gasteiger charge is -2.44. The number of benzene rings is 8. The maximum Gasteiger partial charge on any atom is 0.0540 e. The number of rotatable bonds is 6. The van der Waals surface area contributed by atoms with Crippen LogP contribution in [0, 0.1) is 23.7 Å². The topological polar surface area (TPSA) is 3.24 Å². The molecule has 1 heteroatoms. The molecule has 316 valence electrons. The van der Waals surface area contributed by atoms with Crippen LogP contribution in [0.4, 0.5) is 17.1 Å². The van der Waals surface area contributed by atoms with E-state index in [-0.39, 0.29) is 16.2 Å². The summed E-state index contributed by atoms with van der Waals surface area (Å²) in [5, 5.41) is 2.52. The van der Waals surface area contributed by atoms with Gasteiger partial charge in [-0.25, -0.2) is 0 Å². The Kier molecular flexibility index (Phi) is 8.88. The Morgan fingerprint density at radius 3 is 1.78 bits per heavy atom. The third kappa shape index (κ3) is 6.03. The Labute approximate surface area is 380 Å². The fraction of sp³-hybridized carbons (Fsp3) is 0.270. The van der Waals surface area contributed by atoms with Crippen molar-refractivity contribution in [2.45, 2.75) is 83.5 Å². The lowest BCUT2D eigenvalue weighted by Crippen LogP contribution is -2.40. The average molecular weight is 830 g/mol. The molecule has 0 radical (unpaired) electrons. The van der Waals surface area contributed by atoms with E-state index in [0.717, 1.165) is 29.4 Å². The van der Waals surface area contributed by atoms with E-state index in [1.165, 1.54) is 103 Å². The highest BCUT2D eigenvalue weighted by molar-refractivity contribution is 6.08. The molecule has 5 aliphatic rings. The molecular weight excluding hydrogens is 771 g/mol. The van der Waals surface area contributed by atoms with Crippen molar-refractivity contribution in [2.75, 3.05) is 4.90 Å². The zero-order valence-electron chi connectivity index (χ0n) is 38.3. The number of hydrogen-bond donors (Lipinski definition) is 0.